The number of benzene rings is 2. The molecule has 0 fully saturated rings. The van der Waals surface area contributed by atoms with Gasteiger partial charge in [-0.15, -0.1) is 0 Å². The number of likely N-dealkylation sites (N-methyl/N-ethyl adjacent to an activating group) is 1. The highest BCUT2D eigenvalue weighted by Crippen LogP contribution is 2.29. The number of carbonyl (C=O) groups excluding carboxylic acids is 1. The number of aromatic nitrogens is 1. The van der Waals surface area contributed by atoms with Gasteiger partial charge in [-0.2, -0.15) is 0 Å². The topological polar surface area (TPSA) is 45.2 Å². The quantitative estimate of drug-likeness (QED) is 0.657. The molecule has 1 heterocycles. The number of amides is 1. The molecular formula is C24H29N3O. The van der Waals surface area contributed by atoms with Crippen LogP contribution in [0, 0.1) is 13.8 Å². The molecular weight excluding hydrogens is 346 g/mol. The predicted molar refractivity (Wildman–Crippen MR) is 117 cm³/mol. The second-order valence-corrected chi connectivity index (χ2v) is 7.16. The monoisotopic (exact) mass is 375 g/mol. The third kappa shape index (κ3) is 4.39. The predicted octanol–water partition coefficient (Wildman–Crippen LogP) is 4.59. The van der Waals surface area contributed by atoms with E-state index in [9.17, 15) is 4.79 Å². The van der Waals surface area contributed by atoms with E-state index in [1.165, 1.54) is 5.56 Å². The Morgan fingerprint density at radius 3 is 2.43 bits per heavy atom. The van der Waals surface area contributed by atoms with Crippen molar-refractivity contribution in [2.24, 2.45) is 0 Å². The molecule has 0 aliphatic heterocycles. The zero-order chi connectivity index (χ0) is 20.1. The number of nitrogens with zero attached hydrogens (tertiary/aromatic N) is 2. The van der Waals surface area contributed by atoms with E-state index in [1.807, 2.05) is 25.1 Å². The first-order chi connectivity index (χ1) is 13.5. The van der Waals surface area contributed by atoms with Crippen molar-refractivity contribution in [2.45, 2.75) is 27.7 Å². The van der Waals surface area contributed by atoms with Crippen LogP contribution < -0.4 is 5.32 Å². The van der Waals surface area contributed by atoms with Gasteiger partial charge in [0.05, 0.1) is 11.1 Å². The Kier molecular flexibility index (Phi) is 6.42. The molecule has 1 aromatic heterocycles. The normalized spacial score (nSPS) is 11.2. The average Bonchev–Trinajstić information content (AvgIpc) is 2.70. The largest absolute Gasteiger partial charge is 0.351 e. The van der Waals surface area contributed by atoms with Crippen LogP contribution in [0.1, 0.15) is 35.5 Å². The molecule has 0 unspecified atom stereocenters. The number of aryl methyl sites for hydroxylation is 2. The lowest BCUT2D eigenvalue weighted by molar-refractivity contribution is 0.0950. The molecule has 3 aromatic rings. The van der Waals surface area contributed by atoms with Crippen LogP contribution in [0.4, 0.5) is 0 Å². The highest BCUT2D eigenvalue weighted by Gasteiger charge is 2.15. The number of carbonyl (C=O) groups is 1. The van der Waals surface area contributed by atoms with E-state index in [-0.39, 0.29) is 5.91 Å². The number of pyridine rings is 1. The van der Waals surface area contributed by atoms with Crippen LogP contribution >= 0.6 is 0 Å². The summed E-state index contributed by atoms with van der Waals surface area (Å²) in [6.45, 7) is 11.8. The second-order valence-electron chi connectivity index (χ2n) is 7.16. The maximum atomic E-state index is 12.9. The van der Waals surface area contributed by atoms with Crippen molar-refractivity contribution in [3.05, 3.63) is 65.4 Å². The molecule has 0 aliphatic carbocycles. The third-order valence-corrected chi connectivity index (χ3v) is 5.18. The summed E-state index contributed by atoms with van der Waals surface area (Å²) in [4.78, 5) is 20.0. The van der Waals surface area contributed by atoms with Gasteiger partial charge in [0.15, 0.2) is 0 Å². The molecule has 0 atom stereocenters. The van der Waals surface area contributed by atoms with Gasteiger partial charge in [-0.3, -0.25) is 9.78 Å². The van der Waals surface area contributed by atoms with Gasteiger partial charge in [0.25, 0.3) is 5.91 Å². The fourth-order valence-corrected chi connectivity index (χ4v) is 3.49. The fourth-order valence-electron chi connectivity index (χ4n) is 3.49. The Bertz CT molecular complexity index is 959. The van der Waals surface area contributed by atoms with Crippen LogP contribution in [0.2, 0.25) is 0 Å². The van der Waals surface area contributed by atoms with E-state index in [2.05, 4.69) is 61.3 Å². The molecule has 146 valence electrons. The summed E-state index contributed by atoms with van der Waals surface area (Å²) in [6.07, 6.45) is 0. The molecule has 0 saturated carbocycles. The van der Waals surface area contributed by atoms with E-state index in [0.29, 0.717) is 12.1 Å². The molecule has 1 amide bonds. The van der Waals surface area contributed by atoms with Crippen molar-refractivity contribution in [1.82, 2.24) is 15.2 Å². The van der Waals surface area contributed by atoms with Gasteiger partial charge >= 0.3 is 0 Å². The summed E-state index contributed by atoms with van der Waals surface area (Å²) in [5.41, 5.74) is 5.80. The zero-order valence-electron chi connectivity index (χ0n) is 17.2. The molecule has 0 saturated heterocycles. The number of nitrogens with one attached hydrogen (secondary N) is 1. The number of para-hydroxylation sites is 1. The highest BCUT2D eigenvalue weighted by atomic mass is 16.1. The van der Waals surface area contributed by atoms with Crippen molar-refractivity contribution in [3.8, 4) is 11.1 Å². The summed E-state index contributed by atoms with van der Waals surface area (Å²) in [7, 11) is 0. The molecule has 1 N–H and O–H groups in total. The second kappa shape index (κ2) is 8.98. The van der Waals surface area contributed by atoms with Crippen molar-refractivity contribution in [2.75, 3.05) is 26.2 Å². The maximum absolute atomic E-state index is 12.9. The molecule has 3 rings (SSSR count). The first-order valence-electron chi connectivity index (χ1n) is 10.0. The lowest BCUT2D eigenvalue weighted by Gasteiger charge is -2.18. The Balaban J connectivity index is 1.94. The van der Waals surface area contributed by atoms with Gasteiger partial charge in [0, 0.05) is 29.7 Å². The Morgan fingerprint density at radius 2 is 1.75 bits per heavy atom. The minimum Gasteiger partial charge on any atom is -0.351 e. The molecule has 0 bridgehead atoms. The van der Waals surface area contributed by atoms with E-state index in [0.717, 1.165) is 47.4 Å². The van der Waals surface area contributed by atoms with Crippen LogP contribution in [0.3, 0.4) is 0 Å². The van der Waals surface area contributed by atoms with Crippen LogP contribution in [0.25, 0.3) is 22.0 Å². The van der Waals surface area contributed by atoms with Gasteiger partial charge in [-0.1, -0.05) is 61.9 Å². The van der Waals surface area contributed by atoms with Crippen molar-refractivity contribution < 1.29 is 4.79 Å². The van der Waals surface area contributed by atoms with Crippen LogP contribution in [-0.2, 0) is 0 Å². The Morgan fingerprint density at radius 1 is 1.04 bits per heavy atom. The minimum absolute atomic E-state index is 0.0382. The highest BCUT2D eigenvalue weighted by molar-refractivity contribution is 6.09. The summed E-state index contributed by atoms with van der Waals surface area (Å²) in [5, 5.41) is 3.97. The average molecular weight is 376 g/mol. The standard InChI is InChI=1S/C24H29N3O/c1-5-27(6-2)15-14-25-24(28)22-16-18(4)26-23-20(8-7-9-21(22)23)19-12-10-17(3)11-13-19/h7-13,16H,5-6,14-15H2,1-4H3,(H,25,28). The number of fused-ring (bicyclic) bond motifs is 1. The van der Waals surface area contributed by atoms with E-state index < -0.39 is 0 Å². The summed E-state index contributed by atoms with van der Waals surface area (Å²) >= 11 is 0. The van der Waals surface area contributed by atoms with Crippen molar-refractivity contribution >= 4 is 16.8 Å². The maximum Gasteiger partial charge on any atom is 0.252 e. The molecule has 28 heavy (non-hydrogen) atoms. The van der Waals surface area contributed by atoms with Crippen molar-refractivity contribution in [3.63, 3.8) is 0 Å². The lowest BCUT2D eigenvalue weighted by atomic mass is 9.98. The smallest absolute Gasteiger partial charge is 0.252 e. The molecule has 0 radical (unpaired) electrons. The van der Waals surface area contributed by atoms with E-state index in [4.69, 9.17) is 4.98 Å². The fraction of sp³-hybridized carbons (Fsp3) is 0.333. The Labute approximate surface area is 167 Å². The van der Waals surface area contributed by atoms with Crippen LogP contribution in [-0.4, -0.2) is 42.0 Å². The number of hydrogen-bond acceptors (Lipinski definition) is 3. The molecule has 4 heteroatoms. The van der Waals surface area contributed by atoms with E-state index in [1.54, 1.807) is 0 Å². The minimum atomic E-state index is -0.0382. The van der Waals surface area contributed by atoms with Gasteiger partial charge in [-0.05, 0) is 38.6 Å². The summed E-state index contributed by atoms with van der Waals surface area (Å²) < 4.78 is 0. The SMILES string of the molecule is CCN(CC)CCNC(=O)c1cc(C)nc2c(-c3ccc(C)cc3)cccc12. The van der Waals surface area contributed by atoms with E-state index >= 15 is 0 Å². The summed E-state index contributed by atoms with van der Waals surface area (Å²) in [6, 6.07) is 16.4. The van der Waals surface area contributed by atoms with Gasteiger partial charge in [0.2, 0.25) is 0 Å². The molecule has 0 aliphatic rings. The Hall–Kier alpha value is -2.72. The summed E-state index contributed by atoms with van der Waals surface area (Å²) in [5.74, 6) is -0.0382. The van der Waals surface area contributed by atoms with Gasteiger partial charge < -0.3 is 10.2 Å². The van der Waals surface area contributed by atoms with Crippen LogP contribution in [0.5, 0.6) is 0 Å². The first kappa shape index (κ1) is 20.0. The lowest BCUT2D eigenvalue weighted by Crippen LogP contribution is -2.34. The van der Waals surface area contributed by atoms with Gasteiger partial charge in [-0.25, -0.2) is 0 Å². The number of hydrogen-bond donors (Lipinski definition) is 1. The van der Waals surface area contributed by atoms with Crippen molar-refractivity contribution in [1.29, 1.82) is 0 Å². The van der Waals surface area contributed by atoms with Crippen LogP contribution in [0.15, 0.2) is 48.5 Å². The number of rotatable bonds is 7. The van der Waals surface area contributed by atoms with Gasteiger partial charge in [0.1, 0.15) is 0 Å². The molecule has 2 aromatic carbocycles. The third-order valence-electron chi connectivity index (χ3n) is 5.18. The molecule has 0 spiro atoms. The first-order valence-corrected chi connectivity index (χ1v) is 10.0. The zero-order valence-corrected chi connectivity index (χ0v) is 17.2. The molecule has 4 nitrogen and oxygen atoms in total.